The molecule has 3 aromatic rings. The molecular weight excluding hydrogens is 400 g/mol. The number of hydrogen-bond donors (Lipinski definition) is 0. The summed E-state index contributed by atoms with van der Waals surface area (Å²) in [5.74, 6) is 3.89. The lowest BCUT2D eigenvalue weighted by atomic mass is 10.2. The molecule has 0 aliphatic carbocycles. The van der Waals surface area contributed by atoms with Crippen molar-refractivity contribution < 1.29 is 14.2 Å². The van der Waals surface area contributed by atoms with Crippen molar-refractivity contribution >= 4 is 23.5 Å². The molecule has 0 heterocycles. The average molecular weight is 427 g/mol. The van der Waals surface area contributed by atoms with Gasteiger partial charge in [0.2, 0.25) is 5.75 Å². The van der Waals surface area contributed by atoms with Gasteiger partial charge < -0.3 is 14.2 Å². The van der Waals surface area contributed by atoms with Crippen LogP contribution in [0.4, 0.5) is 0 Å². The first-order chi connectivity index (χ1) is 14.3. The summed E-state index contributed by atoms with van der Waals surface area (Å²) < 4.78 is 17.0. The summed E-state index contributed by atoms with van der Waals surface area (Å²) >= 11 is 3.79. The maximum absolute atomic E-state index is 5.76. The van der Waals surface area contributed by atoms with Gasteiger partial charge in [-0.3, -0.25) is 0 Å². The molecule has 0 aromatic heterocycles. The van der Waals surface area contributed by atoms with Crippen LogP contribution in [0.2, 0.25) is 0 Å². The Hall–Kier alpha value is -2.24. The standard InChI is InChI=1S/C24H26O3S2/c1-25-21-15-14-20(22(26-2)23(21)27-3)24(28-16-18-10-6-4-7-11-18)29-17-19-12-8-5-9-13-19/h4-15,24H,16-17H2,1-3H3. The van der Waals surface area contributed by atoms with E-state index in [1.165, 1.54) is 11.1 Å². The quantitative estimate of drug-likeness (QED) is 0.342. The lowest BCUT2D eigenvalue weighted by Gasteiger charge is -2.22. The number of benzene rings is 3. The van der Waals surface area contributed by atoms with Crippen molar-refractivity contribution in [3.8, 4) is 17.2 Å². The van der Waals surface area contributed by atoms with Crippen LogP contribution >= 0.6 is 23.5 Å². The van der Waals surface area contributed by atoms with Crippen LogP contribution in [0.3, 0.4) is 0 Å². The molecule has 0 bridgehead atoms. The van der Waals surface area contributed by atoms with Gasteiger partial charge in [0.1, 0.15) is 0 Å². The van der Waals surface area contributed by atoms with E-state index in [1.54, 1.807) is 21.3 Å². The summed E-state index contributed by atoms with van der Waals surface area (Å²) in [5, 5.41) is 0. The third-order valence-corrected chi connectivity index (χ3v) is 7.41. The fraction of sp³-hybridized carbons (Fsp3) is 0.250. The zero-order valence-electron chi connectivity index (χ0n) is 17.0. The van der Waals surface area contributed by atoms with Crippen LogP contribution in [0, 0.1) is 0 Å². The molecule has 3 nitrogen and oxygen atoms in total. The third kappa shape index (κ3) is 5.64. The summed E-state index contributed by atoms with van der Waals surface area (Å²) in [4.78, 5) is 0. The van der Waals surface area contributed by atoms with Crippen LogP contribution in [-0.4, -0.2) is 21.3 Å². The molecule has 0 atom stereocenters. The Kier molecular flexibility index (Phi) is 8.20. The molecule has 152 valence electrons. The zero-order chi connectivity index (χ0) is 20.5. The van der Waals surface area contributed by atoms with E-state index in [-0.39, 0.29) is 4.58 Å². The van der Waals surface area contributed by atoms with Crippen molar-refractivity contribution in [2.24, 2.45) is 0 Å². The van der Waals surface area contributed by atoms with Gasteiger partial charge in [-0.1, -0.05) is 60.7 Å². The summed E-state index contributed by atoms with van der Waals surface area (Å²) in [6, 6.07) is 25.1. The van der Waals surface area contributed by atoms with Crippen LogP contribution < -0.4 is 14.2 Å². The first kappa shape index (κ1) is 21.5. The van der Waals surface area contributed by atoms with Crippen LogP contribution in [0.15, 0.2) is 72.8 Å². The van der Waals surface area contributed by atoms with Crippen molar-refractivity contribution in [2.45, 2.75) is 16.1 Å². The molecule has 3 aromatic carbocycles. The molecular formula is C24H26O3S2. The van der Waals surface area contributed by atoms with Crippen molar-refractivity contribution in [3.05, 3.63) is 89.5 Å². The molecule has 0 spiro atoms. The second-order valence-corrected chi connectivity index (χ2v) is 8.83. The van der Waals surface area contributed by atoms with E-state index in [0.717, 1.165) is 22.8 Å². The SMILES string of the molecule is COc1ccc(C(SCc2ccccc2)SCc2ccccc2)c(OC)c1OC. The van der Waals surface area contributed by atoms with Crippen molar-refractivity contribution in [3.63, 3.8) is 0 Å². The Morgan fingerprint density at radius 3 is 1.59 bits per heavy atom. The van der Waals surface area contributed by atoms with Gasteiger partial charge in [-0.15, -0.1) is 23.5 Å². The highest BCUT2D eigenvalue weighted by Gasteiger charge is 2.23. The average Bonchev–Trinajstić information content (AvgIpc) is 2.79. The third-order valence-electron chi connectivity index (χ3n) is 4.48. The lowest BCUT2D eigenvalue weighted by Crippen LogP contribution is -2.01. The molecule has 0 N–H and O–H groups in total. The van der Waals surface area contributed by atoms with E-state index < -0.39 is 0 Å². The Balaban J connectivity index is 1.88. The Morgan fingerprint density at radius 2 is 1.14 bits per heavy atom. The predicted molar refractivity (Wildman–Crippen MR) is 124 cm³/mol. The highest BCUT2D eigenvalue weighted by atomic mass is 32.2. The first-order valence-electron chi connectivity index (χ1n) is 9.36. The number of rotatable bonds is 10. The first-order valence-corrected chi connectivity index (χ1v) is 11.5. The molecule has 0 fully saturated rings. The fourth-order valence-corrected chi connectivity index (χ4v) is 5.63. The Bertz CT molecular complexity index is 842. The van der Waals surface area contributed by atoms with Gasteiger partial charge in [-0.25, -0.2) is 0 Å². The molecule has 0 unspecified atom stereocenters. The largest absolute Gasteiger partial charge is 0.493 e. The maximum Gasteiger partial charge on any atom is 0.203 e. The molecule has 5 heteroatoms. The summed E-state index contributed by atoms with van der Waals surface area (Å²) in [6.07, 6.45) is 0. The van der Waals surface area contributed by atoms with Crippen LogP contribution in [0.1, 0.15) is 21.3 Å². The van der Waals surface area contributed by atoms with Crippen LogP contribution in [0.5, 0.6) is 17.2 Å². The van der Waals surface area contributed by atoms with E-state index in [1.807, 2.05) is 41.7 Å². The maximum atomic E-state index is 5.76. The number of hydrogen-bond acceptors (Lipinski definition) is 5. The van der Waals surface area contributed by atoms with Crippen LogP contribution in [-0.2, 0) is 11.5 Å². The van der Waals surface area contributed by atoms with E-state index in [9.17, 15) is 0 Å². The second kappa shape index (κ2) is 11.1. The normalized spacial score (nSPS) is 10.8. The molecule has 0 saturated carbocycles. The zero-order valence-corrected chi connectivity index (χ0v) is 18.6. The van der Waals surface area contributed by atoms with Crippen molar-refractivity contribution in [2.75, 3.05) is 21.3 Å². The van der Waals surface area contributed by atoms with Crippen molar-refractivity contribution in [1.82, 2.24) is 0 Å². The monoisotopic (exact) mass is 426 g/mol. The van der Waals surface area contributed by atoms with Gasteiger partial charge in [-0.05, 0) is 23.3 Å². The molecule has 0 amide bonds. The fourth-order valence-electron chi connectivity index (χ4n) is 3.03. The van der Waals surface area contributed by atoms with Crippen molar-refractivity contribution in [1.29, 1.82) is 0 Å². The van der Waals surface area contributed by atoms with Gasteiger partial charge in [0, 0.05) is 17.1 Å². The minimum Gasteiger partial charge on any atom is -0.493 e. The molecule has 0 aliphatic rings. The van der Waals surface area contributed by atoms with E-state index >= 15 is 0 Å². The van der Waals surface area contributed by atoms with Gasteiger partial charge >= 0.3 is 0 Å². The Labute approximate surface area is 181 Å². The molecule has 29 heavy (non-hydrogen) atoms. The highest BCUT2D eigenvalue weighted by molar-refractivity contribution is 8.15. The molecule has 3 rings (SSSR count). The van der Waals surface area contributed by atoms with Gasteiger partial charge in [0.25, 0.3) is 0 Å². The number of thioether (sulfide) groups is 2. The molecule has 0 radical (unpaired) electrons. The van der Waals surface area contributed by atoms with Gasteiger partial charge in [-0.2, -0.15) is 0 Å². The predicted octanol–water partition coefficient (Wildman–Crippen LogP) is 6.58. The summed E-state index contributed by atoms with van der Waals surface area (Å²) in [6.45, 7) is 0. The van der Waals surface area contributed by atoms with Gasteiger partial charge in [0.05, 0.1) is 25.9 Å². The molecule has 0 aliphatic heterocycles. The lowest BCUT2D eigenvalue weighted by molar-refractivity contribution is 0.323. The highest BCUT2D eigenvalue weighted by Crippen LogP contribution is 2.50. The minimum absolute atomic E-state index is 0.185. The minimum atomic E-state index is 0.185. The second-order valence-electron chi connectivity index (χ2n) is 6.35. The van der Waals surface area contributed by atoms with E-state index in [0.29, 0.717) is 11.5 Å². The smallest absolute Gasteiger partial charge is 0.203 e. The summed E-state index contributed by atoms with van der Waals surface area (Å²) in [7, 11) is 4.97. The van der Waals surface area contributed by atoms with Crippen LogP contribution in [0.25, 0.3) is 0 Å². The van der Waals surface area contributed by atoms with E-state index in [4.69, 9.17) is 14.2 Å². The van der Waals surface area contributed by atoms with Gasteiger partial charge in [0.15, 0.2) is 11.5 Å². The Morgan fingerprint density at radius 1 is 0.621 bits per heavy atom. The molecule has 0 saturated heterocycles. The van der Waals surface area contributed by atoms with E-state index in [2.05, 4.69) is 54.6 Å². The number of ether oxygens (including phenoxy) is 3. The number of methoxy groups -OCH3 is 3. The summed E-state index contributed by atoms with van der Waals surface area (Å²) in [5.41, 5.74) is 3.72. The topological polar surface area (TPSA) is 27.7 Å².